The maximum absolute atomic E-state index is 12.9. The van der Waals surface area contributed by atoms with Gasteiger partial charge in [-0.15, -0.1) is 10.2 Å². The second-order valence-corrected chi connectivity index (χ2v) is 6.14. The van der Waals surface area contributed by atoms with Gasteiger partial charge in [-0.1, -0.05) is 18.2 Å². The summed E-state index contributed by atoms with van der Waals surface area (Å²) < 4.78 is 11.0. The van der Waals surface area contributed by atoms with Crippen LogP contribution in [0.2, 0.25) is 0 Å². The molecular formula is C17H20N4O3. The van der Waals surface area contributed by atoms with Gasteiger partial charge in [0, 0.05) is 25.7 Å². The quantitative estimate of drug-likeness (QED) is 0.847. The number of hydrogen-bond acceptors (Lipinski definition) is 6. The Morgan fingerprint density at radius 1 is 1.29 bits per heavy atom. The van der Waals surface area contributed by atoms with Crippen molar-refractivity contribution in [3.63, 3.8) is 0 Å². The smallest absolute Gasteiger partial charge is 0.242 e. The maximum Gasteiger partial charge on any atom is 0.242 e. The number of aryl methyl sites for hydroxylation is 1. The lowest BCUT2D eigenvalue weighted by atomic mass is 10.2. The van der Waals surface area contributed by atoms with Crippen LogP contribution in [-0.4, -0.2) is 53.9 Å². The number of aromatic nitrogens is 2. The van der Waals surface area contributed by atoms with Gasteiger partial charge in [-0.05, 0) is 18.1 Å². The largest absolute Gasteiger partial charge is 0.423 e. The normalized spacial score (nSPS) is 20.3. The molecule has 2 aliphatic heterocycles. The molecule has 0 unspecified atom stereocenters. The van der Waals surface area contributed by atoms with Crippen LogP contribution in [0.4, 0.5) is 5.69 Å². The standard InChI is InChI=1S/C17H20N4O3/c1-12-18-19-17(24-12)15-11-23-9-8-21(15)16(22)10-20-7-6-13-4-2-3-5-14(13)20/h2-5,15H,6-11H2,1H3/t15-/m1/s1. The first-order valence-corrected chi connectivity index (χ1v) is 8.22. The van der Waals surface area contributed by atoms with Gasteiger partial charge in [-0.25, -0.2) is 0 Å². The molecule has 0 spiro atoms. The van der Waals surface area contributed by atoms with Crippen LogP contribution in [0, 0.1) is 6.92 Å². The number of rotatable bonds is 3. The lowest BCUT2D eigenvalue weighted by molar-refractivity contribution is -0.139. The fraction of sp³-hybridized carbons (Fsp3) is 0.471. The number of amides is 1. The number of fused-ring (bicyclic) bond motifs is 1. The summed E-state index contributed by atoms with van der Waals surface area (Å²) in [4.78, 5) is 16.8. The van der Waals surface area contributed by atoms with Gasteiger partial charge >= 0.3 is 0 Å². The number of benzene rings is 1. The van der Waals surface area contributed by atoms with Crippen LogP contribution in [0.1, 0.15) is 23.4 Å². The van der Waals surface area contributed by atoms with Crippen molar-refractivity contribution in [1.29, 1.82) is 0 Å². The van der Waals surface area contributed by atoms with Gasteiger partial charge < -0.3 is 19.0 Å². The van der Waals surface area contributed by atoms with Crippen molar-refractivity contribution in [2.75, 3.05) is 37.7 Å². The van der Waals surface area contributed by atoms with E-state index < -0.39 is 0 Å². The van der Waals surface area contributed by atoms with Gasteiger partial charge in [0.1, 0.15) is 6.04 Å². The molecule has 0 bridgehead atoms. The molecule has 2 aromatic rings. The molecule has 3 heterocycles. The van der Waals surface area contributed by atoms with Crippen molar-refractivity contribution >= 4 is 11.6 Å². The van der Waals surface area contributed by atoms with E-state index in [9.17, 15) is 4.79 Å². The van der Waals surface area contributed by atoms with Crippen LogP contribution >= 0.6 is 0 Å². The van der Waals surface area contributed by atoms with Crippen molar-refractivity contribution in [3.05, 3.63) is 41.6 Å². The summed E-state index contributed by atoms with van der Waals surface area (Å²) in [5, 5.41) is 7.93. The molecule has 7 nitrogen and oxygen atoms in total. The molecule has 0 saturated carbocycles. The second-order valence-electron chi connectivity index (χ2n) is 6.14. The van der Waals surface area contributed by atoms with E-state index in [-0.39, 0.29) is 11.9 Å². The predicted molar refractivity (Wildman–Crippen MR) is 86.7 cm³/mol. The van der Waals surface area contributed by atoms with Crippen LogP contribution < -0.4 is 4.90 Å². The third-order valence-electron chi connectivity index (χ3n) is 4.59. The zero-order valence-corrected chi connectivity index (χ0v) is 13.6. The van der Waals surface area contributed by atoms with E-state index in [1.165, 1.54) is 5.56 Å². The Kier molecular flexibility index (Phi) is 3.93. The molecule has 1 amide bonds. The Bertz CT molecular complexity index is 745. The van der Waals surface area contributed by atoms with E-state index in [1.807, 2.05) is 12.1 Å². The number of hydrogen-bond donors (Lipinski definition) is 0. The third kappa shape index (κ3) is 2.75. The molecule has 1 saturated heterocycles. The minimum atomic E-state index is -0.301. The van der Waals surface area contributed by atoms with Crippen LogP contribution in [0.5, 0.6) is 0 Å². The zero-order valence-electron chi connectivity index (χ0n) is 13.6. The molecule has 1 aromatic heterocycles. The van der Waals surface area contributed by atoms with Crippen molar-refractivity contribution in [2.45, 2.75) is 19.4 Å². The van der Waals surface area contributed by atoms with Crippen LogP contribution in [0.25, 0.3) is 0 Å². The van der Waals surface area contributed by atoms with Crippen LogP contribution in [0.3, 0.4) is 0 Å². The Hall–Kier alpha value is -2.41. The van der Waals surface area contributed by atoms with E-state index >= 15 is 0 Å². The molecule has 1 atom stereocenters. The van der Waals surface area contributed by atoms with Gasteiger partial charge in [-0.3, -0.25) is 4.79 Å². The molecule has 7 heteroatoms. The molecule has 0 radical (unpaired) electrons. The average molecular weight is 328 g/mol. The van der Waals surface area contributed by atoms with Gasteiger partial charge in [0.15, 0.2) is 0 Å². The predicted octanol–water partition coefficient (Wildman–Crippen LogP) is 1.34. The highest BCUT2D eigenvalue weighted by Gasteiger charge is 2.33. The Balaban J connectivity index is 1.50. The lowest BCUT2D eigenvalue weighted by Gasteiger charge is -2.34. The van der Waals surface area contributed by atoms with Gasteiger partial charge in [0.05, 0.1) is 19.8 Å². The number of nitrogens with zero attached hydrogens (tertiary/aromatic N) is 4. The molecular weight excluding hydrogens is 308 g/mol. The second kappa shape index (κ2) is 6.24. The summed E-state index contributed by atoms with van der Waals surface area (Å²) in [5.74, 6) is 1.01. The summed E-state index contributed by atoms with van der Waals surface area (Å²) >= 11 is 0. The number of carbonyl (C=O) groups excluding carboxylic acids is 1. The Labute approximate surface area is 140 Å². The zero-order chi connectivity index (χ0) is 16.5. The number of para-hydroxylation sites is 1. The van der Waals surface area contributed by atoms with Gasteiger partial charge in [0.25, 0.3) is 0 Å². The third-order valence-corrected chi connectivity index (χ3v) is 4.59. The SMILES string of the molecule is Cc1nnc([C@H]2COCCN2C(=O)CN2CCc3ccccc32)o1. The van der Waals surface area contributed by atoms with Gasteiger partial charge in [0.2, 0.25) is 17.7 Å². The first kappa shape index (κ1) is 15.1. The minimum Gasteiger partial charge on any atom is -0.423 e. The summed E-state index contributed by atoms with van der Waals surface area (Å²) in [7, 11) is 0. The lowest BCUT2D eigenvalue weighted by Crippen LogP contribution is -2.47. The molecule has 126 valence electrons. The highest BCUT2D eigenvalue weighted by molar-refractivity contribution is 5.83. The highest BCUT2D eigenvalue weighted by Crippen LogP contribution is 2.28. The highest BCUT2D eigenvalue weighted by atomic mass is 16.5. The monoisotopic (exact) mass is 328 g/mol. The maximum atomic E-state index is 12.9. The summed E-state index contributed by atoms with van der Waals surface area (Å²) in [6.45, 7) is 4.45. The summed E-state index contributed by atoms with van der Waals surface area (Å²) in [6.07, 6.45) is 0.985. The summed E-state index contributed by atoms with van der Waals surface area (Å²) in [5.41, 5.74) is 2.46. The number of anilines is 1. The van der Waals surface area contributed by atoms with Gasteiger partial charge in [-0.2, -0.15) is 0 Å². The molecule has 1 aromatic carbocycles. The van der Waals surface area contributed by atoms with E-state index in [4.69, 9.17) is 9.15 Å². The fourth-order valence-electron chi connectivity index (χ4n) is 3.38. The van der Waals surface area contributed by atoms with E-state index in [0.29, 0.717) is 38.1 Å². The molecule has 24 heavy (non-hydrogen) atoms. The average Bonchev–Trinajstić information content (AvgIpc) is 3.22. The van der Waals surface area contributed by atoms with E-state index in [2.05, 4.69) is 27.2 Å². The molecule has 2 aliphatic rings. The van der Waals surface area contributed by atoms with Crippen LogP contribution in [-0.2, 0) is 16.0 Å². The number of ether oxygens (including phenoxy) is 1. The topological polar surface area (TPSA) is 71.7 Å². The van der Waals surface area contributed by atoms with Crippen molar-refractivity contribution in [3.8, 4) is 0 Å². The molecule has 0 aliphatic carbocycles. The van der Waals surface area contributed by atoms with E-state index in [1.54, 1.807) is 11.8 Å². The van der Waals surface area contributed by atoms with E-state index in [0.717, 1.165) is 18.7 Å². The van der Waals surface area contributed by atoms with Crippen molar-refractivity contribution < 1.29 is 13.9 Å². The van der Waals surface area contributed by atoms with Crippen molar-refractivity contribution in [1.82, 2.24) is 15.1 Å². The van der Waals surface area contributed by atoms with Crippen LogP contribution in [0.15, 0.2) is 28.7 Å². The van der Waals surface area contributed by atoms with Crippen molar-refractivity contribution in [2.24, 2.45) is 0 Å². The first-order chi connectivity index (χ1) is 11.7. The fourth-order valence-corrected chi connectivity index (χ4v) is 3.38. The first-order valence-electron chi connectivity index (χ1n) is 8.22. The minimum absolute atomic E-state index is 0.0656. The number of carbonyl (C=O) groups is 1. The number of morpholine rings is 1. The Morgan fingerprint density at radius 2 is 2.17 bits per heavy atom. The molecule has 1 fully saturated rings. The Morgan fingerprint density at radius 3 is 3.00 bits per heavy atom. The summed E-state index contributed by atoms with van der Waals surface area (Å²) in [6, 6.07) is 7.96. The molecule has 0 N–H and O–H groups in total. The molecule has 4 rings (SSSR count).